The molecule has 0 spiro atoms. The number of nitrogens with one attached hydrogen (secondary N) is 1. The van der Waals surface area contributed by atoms with Crippen LogP contribution < -0.4 is 19.5 Å². The van der Waals surface area contributed by atoms with Crippen LogP contribution in [0.25, 0.3) is 0 Å². The number of methoxy groups -OCH3 is 2. The van der Waals surface area contributed by atoms with Gasteiger partial charge in [-0.3, -0.25) is 4.79 Å². The third kappa shape index (κ3) is 5.74. The molecule has 0 saturated carbocycles. The van der Waals surface area contributed by atoms with Crippen molar-refractivity contribution in [1.82, 2.24) is 5.32 Å². The molecule has 1 saturated heterocycles. The van der Waals surface area contributed by atoms with Gasteiger partial charge < -0.3 is 24.3 Å². The molecule has 184 valence electrons. The summed E-state index contributed by atoms with van der Waals surface area (Å²) in [6, 6.07) is 19.6. The van der Waals surface area contributed by atoms with E-state index in [9.17, 15) is 9.18 Å². The van der Waals surface area contributed by atoms with Gasteiger partial charge in [0.15, 0.2) is 11.5 Å². The highest BCUT2D eigenvalue weighted by molar-refractivity contribution is 5.95. The molecule has 1 heterocycles. The Morgan fingerprint density at radius 3 is 2.29 bits per heavy atom. The van der Waals surface area contributed by atoms with Crippen LogP contribution in [0.15, 0.2) is 66.7 Å². The van der Waals surface area contributed by atoms with Crippen molar-refractivity contribution in [1.29, 1.82) is 0 Å². The van der Waals surface area contributed by atoms with Gasteiger partial charge in [-0.05, 0) is 48.2 Å². The fraction of sp³-hybridized carbons (Fsp3) is 0.321. The van der Waals surface area contributed by atoms with Gasteiger partial charge in [0.05, 0.1) is 14.2 Å². The van der Waals surface area contributed by atoms with Gasteiger partial charge in [-0.25, -0.2) is 4.39 Å². The van der Waals surface area contributed by atoms with Crippen molar-refractivity contribution < 1.29 is 28.1 Å². The normalized spacial score (nSPS) is 14.7. The molecule has 0 atom stereocenters. The standard InChI is InChI=1S/C28H30FNO5/c1-32-24-15-21(16-25(33-2)26(24)35-18-20-7-4-3-5-8-20)27(31)30-19-28(11-13-34-14-12-28)22-9-6-10-23(29)17-22/h3-10,15-17H,11-14,18-19H2,1-2H3,(H,30,31). The molecule has 0 bridgehead atoms. The lowest BCUT2D eigenvalue weighted by Crippen LogP contribution is -2.44. The number of amides is 1. The quantitative estimate of drug-likeness (QED) is 0.473. The average molecular weight is 480 g/mol. The Balaban J connectivity index is 1.53. The Bertz CT molecular complexity index is 1120. The highest BCUT2D eigenvalue weighted by Crippen LogP contribution is 2.39. The van der Waals surface area contributed by atoms with Crippen LogP contribution in [0.2, 0.25) is 0 Å². The van der Waals surface area contributed by atoms with Gasteiger partial charge >= 0.3 is 0 Å². The van der Waals surface area contributed by atoms with E-state index in [4.69, 9.17) is 18.9 Å². The average Bonchev–Trinajstić information content (AvgIpc) is 2.91. The first kappa shape index (κ1) is 24.5. The molecular weight excluding hydrogens is 449 g/mol. The molecule has 1 N–H and O–H groups in total. The molecule has 0 aromatic heterocycles. The van der Waals surface area contributed by atoms with Gasteiger partial charge in [0.25, 0.3) is 5.91 Å². The summed E-state index contributed by atoms with van der Waals surface area (Å²) < 4.78 is 36.5. The molecule has 0 aliphatic carbocycles. The van der Waals surface area contributed by atoms with Crippen LogP contribution in [-0.2, 0) is 16.8 Å². The molecule has 1 aliphatic rings. The van der Waals surface area contributed by atoms with Gasteiger partial charge in [-0.15, -0.1) is 0 Å². The minimum Gasteiger partial charge on any atom is -0.493 e. The molecule has 1 fully saturated rings. The summed E-state index contributed by atoms with van der Waals surface area (Å²) in [6.07, 6.45) is 1.38. The Labute approximate surface area is 205 Å². The van der Waals surface area contributed by atoms with E-state index in [2.05, 4.69) is 5.32 Å². The first-order valence-electron chi connectivity index (χ1n) is 11.6. The number of ether oxygens (including phenoxy) is 4. The maximum Gasteiger partial charge on any atom is 0.251 e. The SMILES string of the molecule is COc1cc(C(=O)NCC2(c3cccc(F)c3)CCOCC2)cc(OC)c1OCc1ccccc1. The zero-order chi connectivity index (χ0) is 24.7. The topological polar surface area (TPSA) is 66.0 Å². The van der Waals surface area contributed by atoms with Gasteiger partial charge in [0.2, 0.25) is 5.75 Å². The van der Waals surface area contributed by atoms with E-state index in [1.54, 1.807) is 24.3 Å². The van der Waals surface area contributed by atoms with Crippen LogP contribution in [0.1, 0.15) is 34.3 Å². The second kappa shape index (κ2) is 11.2. The molecule has 0 radical (unpaired) electrons. The molecular formula is C28H30FNO5. The fourth-order valence-electron chi connectivity index (χ4n) is 4.38. The summed E-state index contributed by atoms with van der Waals surface area (Å²) >= 11 is 0. The zero-order valence-electron chi connectivity index (χ0n) is 20.0. The molecule has 4 rings (SSSR count). The molecule has 0 unspecified atom stereocenters. The molecule has 6 nitrogen and oxygen atoms in total. The van der Waals surface area contributed by atoms with Crippen molar-refractivity contribution in [3.63, 3.8) is 0 Å². The minimum atomic E-state index is -0.400. The maximum atomic E-state index is 14.0. The summed E-state index contributed by atoms with van der Waals surface area (Å²) in [5, 5.41) is 3.04. The van der Waals surface area contributed by atoms with E-state index in [-0.39, 0.29) is 11.7 Å². The third-order valence-electron chi connectivity index (χ3n) is 6.42. The molecule has 1 aliphatic heterocycles. The Hall–Kier alpha value is -3.58. The largest absolute Gasteiger partial charge is 0.493 e. The van der Waals surface area contributed by atoms with Gasteiger partial charge in [0.1, 0.15) is 12.4 Å². The first-order valence-corrected chi connectivity index (χ1v) is 11.6. The number of carbonyl (C=O) groups excluding carboxylic acids is 1. The van der Waals surface area contributed by atoms with Crippen LogP contribution in [-0.4, -0.2) is 39.9 Å². The van der Waals surface area contributed by atoms with E-state index in [1.807, 2.05) is 36.4 Å². The number of carbonyl (C=O) groups is 1. The first-order chi connectivity index (χ1) is 17.0. The summed E-state index contributed by atoms with van der Waals surface area (Å²) in [5.74, 6) is 0.655. The fourth-order valence-corrected chi connectivity index (χ4v) is 4.38. The van der Waals surface area contributed by atoms with Gasteiger partial charge in [-0.2, -0.15) is 0 Å². The predicted octanol–water partition coefficient (Wildman–Crippen LogP) is 4.90. The third-order valence-corrected chi connectivity index (χ3v) is 6.42. The van der Waals surface area contributed by atoms with Gasteiger partial charge in [-0.1, -0.05) is 42.5 Å². The number of benzene rings is 3. The van der Waals surface area contributed by atoms with E-state index in [1.165, 1.54) is 20.3 Å². The van der Waals surface area contributed by atoms with Crippen molar-refractivity contribution in [2.75, 3.05) is 34.0 Å². The second-order valence-corrected chi connectivity index (χ2v) is 8.57. The molecule has 1 amide bonds. The molecule has 3 aromatic carbocycles. The Morgan fingerprint density at radius 2 is 1.66 bits per heavy atom. The van der Waals surface area contributed by atoms with E-state index < -0.39 is 5.41 Å². The van der Waals surface area contributed by atoms with Crippen LogP contribution in [0, 0.1) is 5.82 Å². The lowest BCUT2D eigenvalue weighted by molar-refractivity contribution is 0.0486. The predicted molar refractivity (Wildman–Crippen MR) is 131 cm³/mol. The lowest BCUT2D eigenvalue weighted by Gasteiger charge is -2.38. The van der Waals surface area contributed by atoms with E-state index in [0.717, 1.165) is 11.1 Å². The summed E-state index contributed by atoms with van der Waals surface area (Å²) in [4.78, 5) is 13.2. The maximum absolute atomic E-state index is 14.0. The zero-order valence-corrected chi connectivity index (χ0v) is 20.0. The number of hydrogen-bond acceptors (Lipinski definition) is 5. The molecule has 7 heteroatoms. The summed E-state index contributed by atoms with van der Waals surface area (Å²) in [7, 11) is 3.04. The smallest absolute Gasteiger partial charge is 0.251 e. The molecule has 3 aromatic rings. The summed E-state index contributed by atoms with van der Waals surface area (Å²) in [6.45, 7) is 1.80. The van der Waals surface area contributed by atoms with Crippen LogP contribution in [0.4, 0.5) is 4.39 Å². The highest BCUT2D eigenvalue weighted by atomic mass is 19.1. The Morgan fingerprint density at radius 1 is 0.971 bits per heavy atom. The van der Waals surface area contributed by atoms with Gasteiger partial charge in [0, 0.05) is 30.7 Å². The van der Waals surface area contributed by atoms with Crippen LogP contribution >= 0.6 is 0 Å². The van der Waals surface area contributed by atoms with Crippen molar-refractivity contribution in [3.8, 4) is 17.2 Å². The number of hydrogen-bond donors (Lipinski definition) is 1. The highest BCUT2D eigenvalue weighted by Gasteiger charge is 2.35. The van der Waals surface area contributed by atoms with Crippen molar-refractivity contribution >= 4 is 5.91 Å². The second-order valence-electron chi connectivity index (χ2n) is 8.57. The van der Waals surface area contributed by atoms with Crippen LogP contribution in [0.3, 0.4) is 0 Å². The number of halogens is 1. The monoisotopic (exact) mass is 479 g/mol. The van der Waals surface area contributed by atoms with E-state index >= 15 is 0 Å². The van der Waals surface area contributed by atoms with Crippen molar-refractivity contribution in [3.05, 3.63) is 89.2 Å². The van der Waals surface area contributed by atoms with Crippen LogP contribution in [0.5, 0.6) is 17.2 Å². The Kier molecular flexibility index (Phi) is 7.87. The van der Waals surface area contributed by atoms with Crippen molar-refractivity contribution in [2.24, 2.45) is 0 Å². The van der Waals surface area contributed by atoms with Crippen molar-refractivity contribution in [2.45, 2.75) is 24.9 Å². The minimum absolute atomic E-state index is 0.279. The number of rotatable bonds is 9. The summed E-state index contributed by atoms with van der Waals surface area (Å²) in [5.41, 5.74) is 1.84. The molecule has 35 heavy (non-hydrogen) atoms. The lowest BCUT2D eigenvalue weighted by atomic mass is 9.74. The van der Waals surface area contributed by atoms with E-state index in [0.29, 0.717) is 62.0 Å².